The number of rotatable bonds is 5. The molecular formula is C9H13ClN4O3S. The molecule has 0 saturated carbocycles. The van der Waals surface area contributed by atoms with Crippen molar-refractivity contribution in [1.29, 1.82) is 0 Å². The number of carbonyl (C=O) groups excluding carboxylic acids is 1. The number of halogens is 1. The fourth-order valence-corrected chi connectivity index (χ4v) is 1.94. The van der Waals surface area contributed by atoms with Crippen LogP contribution in [0.3, 0.4) is 0 Å². The van der Waals surface area contributed by atoms with E-state index in [0.717, 1.165) is 0 Å². The summed E-state index contributed by atoms with van der Waals surface area (Å²) in [6.07, 6.45) is 0. The Hall–Kier alpha value is -1.38. The van der Waals surface area contributed by atoms with Gasteiger partial charge in [0.25, 0.3) is 5.91 Å². The third-order valence-corrected chi connectivity index (χ3v) is 3.60. The fourth-order valence-electron chi connectivity index (χ4n) is 1.15. The van der Waals surface area contributed by atoms with Crippen molar-refractivity contribution in [3.63, 3.8) is 0 Å². The molecule has 1 aromatic heterocycles. The minimum Gasteiger partial charge on any atom is -0.384 e. The van der Waals surface area contributed by atoms with Crippen LogP contribution in [0.5, 0.6) is 0 Å². The first kappa shape index (κ1) is 14.7. The molecule has 0 saturated heterocycles. The molecule has 9 heteroatoms. The average molecular weight is 293 g/mol. The molecule has 0 spiro atoms. The van der Waals surface area contributed by atoms with E-state index in [-0.39, 0.29) is 28.8 Å². The molecule has 0 aliphatic carbocycles. The number of nitrogen functional groups attached to an aromatic ring is 1. The summed E-state index contributed by atoms with van der Waals surface area (Å²) in [4.78, 5) is 15.4. The second-order valence-corrected chi connectivity index (χ2v) is 5.82. The van der Waals surface area contributed by atoms with Crippen LogP contribution in [0.1, 0.15) is 10.4 Å². The van der Waals surface area contributed by atoms with Crippen molar-refractivity contribution in [2.45, 2.75) is 0 Å². The van der Waals surface area contributed by atoms with E-state index in [2.05, 4.69) is 15.0 Å². The van der Waals surface area contributed by atoms with Gasteiger partial charge in [0.05, 0.1) is 5.75 Å². The highest BCUT2D eigenvalue weighted by atomic mass is 35.5. The quantitative estimate of drug-likeness (QED) is 0.639. The molecule has 1 aromatic rings. The Balaban J connectivity index is 2.61. The van der Waals surface area contributed by atoms with Crippen molar-refractivity contribution in [3.05, 3.63) is 22.8 Å². The highest BCUT2D eigenvalue weighted by Crippen LogP contribution is 2.11. The van der Waals surface area contributed by atoms with Crippen LogP contribution in [0.4, 0.5) is 5.82 Å². The van der Waals surface area contributed by atoms with Gasteiger partial charge in [0, 0.05) is 12.1 Å². The van der Waals surface area contributed by atoms with Crippen LogP contribution in [0.2, 0.25) is 5.15 Å². The predicted molar refractivity (Wildman–Crippen MR) is 68.8 cm³/mol. The van der Waals surface area contributed by atoms with Crippen molar-refractivity contribution in [3.8, 4) is 0 Å². The molecule has 4 N–H and O–H groups in total. The summed E-state index contributed by atoms with van der Waals surface area (Å²) in [6, 6.07) is 2.70. The molecule has 0 aromatic carbocycles. The molecule has 1 heterocycles. The van der Waals surface area contributed by atoms with Crippen molar-refractivity contribution in [1.82, 2.24) is 15.0 Å². The van der Waals surface area contributed by atoms with Crippen molar-refractivity contribution >= 4 is 33.3 Å². The molecule has 100 valence electrons. The van der Waals surface area contributed by atoms with Gasteiger partial charge in [-0.3, -0.25) is 4.79 Å². The van der Waals surface area contributed by atoms with E-state index in [4.69, 9.17) is 17.3 Å². The lowest BCUT2D eigenvalue weighted by Crippen LogP contribution is -2.33. The predicted octanol–water partition coefficient (Wildman–Crippen LogP) is -0.404. The SMILES string of the molecule is CNS(=O)(=O)CCNC(=O)c1cc(N)nc(Cl)c1. The standard InChI is InChI=1S/C9H13ClN4O3S/c1-12-18(16,17)3-2-13-9(15)6-4-7(10)14-8(11)5-6/h4-5,12H,2-3H2,1H3,(H2,11,14)(H,13,15). The molecule has 1 rings (SSSR count). The van der Waals surface area contributed by atoms with Gasteiger partial charge < -0.3 is 11.1 Å². The van der Waals surface area contributed by atoms with Crippen LogP contribution in [0.15, 0.2) is 12.1 Å². The Bertz CT molecular complexity index is 526. The van der Waals surface area contributed by atoms with Crippen LogP contribution >= 0.6 is 11.6 Å². The first-order valence-corrected chi connectivity index (χ1v) is 6.99. The smallest absolute Gasteiger partial charge is 0.251 e. The molecule has 18 heavy (non-hydrogen) atoms. The van der Waals surface area contributed by atoms with E-state index in [0.29, 0.717) is 0 Å². The molecular weight excluding hydrogens is 280 g/mol. The number of nitrogens with one attached hydrogen (secondary N) is 2. The van der Waals surface area contributed by atoms with Crippen LogP contribution in [0, 0.1) is 0 Å². The van der Waals surface area contributed by atoms with Gasteiger partial charge in [0.15, 0.2) is 0 Å². The number of hydrogen-bond acceptors (Lipinski definition) is 5. The topological polar surface area (TPSA) is 114 Å². The van der Waals surface area contributed by atoms with Gasteiger partial charge in [-0.15, -0.1) is 0 Å². The van der Waals surface area contributed by atoms with Crippen molar-refractivity contribution in [2.24, 2.45) is 0 Å². The number of hydrogen-bond donors (Lipinski definition) is 3. The Kier molecular flexibility index (Phi) is 4.88. The maximum Gasteiger partial charge on any atom is 0.251 e. The molecule has 0 bridgehead atoms. The van der Waals surface area contributed by atoms with Crippen molar-refractivity contribution < 1.29 is 13.2 Å². The third kappa shape index (κ3) is 4.47. The van der Waals surface area contributed by atoms with Gasteiger partial charge in [-0.25, -0.2) is 18.1 Å². The average Bonchev–Trinajstić information content (AvgIpc) is 2.27. The molecule has 0 aliphatic heterocycles. The number of pyridine rings is 1. The fraction of sp³-hybridized carbons (Fsp3) is 0.333. The third-order valence-electron chi connectivity index (χ3n) is 2.04. The lowest BCUT2D eigenvalue weighted by atomic mass is 10.2. The van der Waals surface area contributed by atoms with E-state index < -0.39 is 15.9 Å². The summed E-state index contributed by atoms with van der Waals surface area (Å²) in [7, 11) is -2.04. The second-order valence-electron chi connectivity index (χ2n) is 3.38. The summed E-state index contributed by atoms with van der Waals surface area (Å²) in [6.45, 7) is -0.0121. The van der Waals surface area contributed by atoms with Crippen molar-refractivity contribution in [2.75, 3.05) is 25.1 Å². The first-order valence-electron chi connectivity index (χ1n) is 4.96. The second kappa shape index (κ2) is 5.98. The van der Waals surface area contributed by atoms with Gasteiger partial charge in [-0.05, 0) is 19.2 Å². The number of anilines is 1. The summed E-state index contributed by atoms with van der Waals surface area (Å²) in [5.41, 5.74) is 5.67. The lowest BCUT2D eigenvalue weighted by Gasteiger charge is -2.06. The summed E-state index contributed by atoms with van der Waals surface area (Å²) in [5.74, 6) is -0.545. The molecule has 0 atom stereocenters. The summed E-state index contributed by atoms with van der Waals surface area (Å²) in [5, 5.41) is 2.54. The zero-order chi connectivity index (χ0) is 13.8. The zero-order valence-electron chi connectivity index (χ0n) is 9.60. The summed E-state index contributed by atoms with van der Waals surface area (Å²) < 4.78 is 24.4. The van der Waals surface area contributed by atoms with Gasteiger partial charge in [0.1, 0.15) is 11.0 Å². The van der Waals surface area contributed by atoms with E-state index in [1.165, 1.54) is 19.2 Å². The van der Waals surface area contributed by atoms with E-state index in [1.807, 2.05) is 0 Å². The molecule has 0 radical (unpaired) electrons. The maximum absolute atomic E-state index is 11.7. The number of aromatic nitrogens is 1. The first-order chi connectivity index (χ1) is 8.34. The van der Waals surface area contributed by atoms with Gasteiger partial charge >= 0.3 is 0 Å². The maximum atomic E-state index is 11.7. The molecule has 0 fully saturated rings. The highest BCUT2D eigenvalue weighted by Gasteiger charge is 2.10. The normalized spacial score (nSPS) is 11.2. The van der Waals surface area contributed by atoms with Gasteiger partial charge in [-0.2, -0.15) is 0 Å². The largest absolute Gasteiger partial charge is 0.384 e. The number of amides is 1. The molecule has 1 amide bonds. The van der Waals surface area contributed by atoms with E-state index in [9.17, 15) is 13.2 Å². The van der Waals surface area contributed by atoms with Crippen LogP contribution in [-0.2, 0) is 10.0 Å². The Morgan fingerprint density at radius 3 is 2.72 bits per heavy atom. The van der Waals surface area contributed by atoms with Crippen LogP contribution in [-0.4, -0.2) is 38.7 Å². The van der Waals surface area contributed by atoms with Crippen LogP contribution in [0.25, 0.3) is 0 Å². The monoisotopic (exact) mass is 292 g/mol. The minimum atomic E-state index is -3.34. The Morgan fingerprint density at radius 2 is 2.17 bits per heavy atom. The summed E-state index contributed by atoms with van der Waals surface area (Å²) >= 11 is 5.65. The minimum absolute atomic E-state index is 0.0121. The zero-order valence-corrected chi connectivity index (χ0v) is 11.2. The number of sulfonamides is 1. The Labute approximate surface area is 110 Å². The highest BCUT2D eigenvalue weighted by molar-refractivity contribution is 7.89. The van der Waals surface area contributed by atoms with Crippen LogP contribution < -0.4 is 15.8 Å². The van der Waals surface area contributed by atoms with Gasteiger partial charge in [0.2, 0.25) is 10.0 Å². The Morgan fingerprint density at radius 1 is 1.50 bits per heavy atom. The number of carbonyl (C=O) groups is 1. The number of nitrogens with two attached hydrogens (primary N) is 1. The van der Waals surface area contributed by atoms with E-state index >= 15 is 0 Å². The molecule has 0 unspecified atom stereocenters. The van der Waals surface area contributed by atoms with E-state index in [1.54, 1.807) is 0 Å². The molecule has 7 nitrogen and oxygen atoms in total. The number of nitrogens with zero attached hydrogens (tertiary/aromatic N) is 1. The van der Waals surface area contributed by atoms with Gasteiger partial charge in [-0.1, -0.05) is 11.6 Å². The molecule has 0 aliphatic rings. The lowest BCUT2D eigenvalue weighted by molar-refractivity contribution is 0.0956.